The van der Waals surface area contributed by atoms with Crippen molar-refractivity contribution in [3.63, 3.8) is 0 Å². The van der Waals surface area contributed by atoms with Crippen LogP contribution in [0.5, 0.6) is 5.75 Å². The predicted octanol–water partition coefficient (Wildman–Crippen LogP) is 1.53. The van der Waals surface area contributed by atoms with Crippen molar-refractivity contribution in [1.29, 1.82) is 0 Å². The highest BCUT2D eigenvalue weighted by Crippen LogP contribution is 2.39. The van der Waals surface area contributed by atoms with Crippen LogP contribution in [0.15, 0.2) is 18.2 Å². The number of phosphoric ester groups is 1. The van der Waals surface area contributed by atoms with Gasteiger partial charge in [-0.05, 0) is 24.1 Å². The van der Waals surface area contributed by atoms with E-state index in [0.29, 0.717) is 12.7 Å². The van der Waals surface area contributed by atoms with Gasteiger partial charge in [0.25, 0.3) is 0 Å². The van der Waals surface area contributed by atoms with Crippen molar-refractivity contribution in [2.75, 3.05) is 0 Å². The van der Waals surface area contributed by atoms with Gasteiger partial charge in [-0.25, -0.2) is 4.57 Å². The van der Waals surface area contributed by atoms with Crippen molar-refractivity contribution in [1.82, 2.24) is 0 Å². The van der Waals surface area contributed by atoms with Crippen molar-refractivity contribution in [2.45, 2.75) is 13.3 Å². The molecule has 0 aliphatic heterocycles. The third-order valence-electron chi connectivity index (χ3n) is 1.83. The van der Waals surface area contributed by atoms with Gasteiger partial charge in [-0.1, -0.05) is 13.0 Å². The molecule has 0 aliphatic rings. The lowest BCUT2D eigenvalue weighted by atomic mass is 10.1. The summed E-state index contributed by atoms with van der Waals surface area (Å²) in [7, 11) is -4.62. The van der Waals surface area contributed by atoms with E-state index in [1.165, 1.54) is 12.1 Å². The quantitative estimate of drug-likeness (QED) is 0.605. The first-order chi connectivity index (χ1) is 6.96. The molecule has 0 amide bonds. The van der Waals surface area contributed by atoms with Crippen LogP contribution < -0.4 is 4.52 Å². The minimum absolute atomic E-state index is 0.0855. The van der Waals surface area contributed by atoms with Crippen molar-refractivity contribution in [3.05, 3.63) is 29.3 Å². The molecule has 0 unspecified atom stereocenters. The average Bonchev–Trinajstić information content (AvgIpc) is 2.15. The minimum atomic E-state index is -4.62. The Hall–Kier alpha value is -1.16. The van der Waals surface area contributed by atoms with Crippen LogP contribution in [0.4, 0.5) is 0 Å². The first kappa shape index (κ1) is 11.9. The summed E-state index contributed by atoms with van der Waals surface area (Å²) in [6.45, 7) is 1.89. The van der Waals surface area contributed by atoms with Gasteiger partial charge in [0.2, 0.25) is 0 Å². The van der Waals surface area contributed by atoms with E-state index < -0.39 is 7.82 Å². The molecule has 0 bridgehead atoms. The van der Waals surface area contributed by atoms with Crippen LogP contribution in [0, 0.1) is 0 Å². The molecule has 0 aliphatic carbocycles. The fraction of sp³-hybridized carbons (Fsp3) is 0.222. The lowest BCUT2D eigenvalue weighted by Crippen LogP contribution is -1.95. The zero-order valence-electron chi connectivity index (χ0n) is 8.08. The first-order valence-corrected chi connectivity index (χ1v) is 5.82. The molecule has 2 N–H and O–H groups in total. The van der Waals surface area contributed by atoms with Gasteiger partial charge in [-0.2, -0.15) is 0 Å². The number of carbonyl (C=O) groups is 1. The van der Waals surface area contributed by atoms with E-state index in [2.05, 4.69) is 4.52 Å². The Bertz CT molecular complexity index is 409. The Morgan fingerprint density at radius 1 is 1.47 bits per heavy atom. The molecule has 1 rings (SSSR count). The summed E-state index contributed by atoms with van der Waals surface area (Å²) >= 11 is 0. The van der Waals surface area contributed by atoms with Gasteiger partial charge in [0.05, 0.1) is 5.56 Å². The summed E-state index contributed by atoms with van der Waals surface area (Å²) in [5.41, 5.74) is 0.958. The van der Waals surface area contributed by atoms with Gasteiger partial charge in [0.1, 0.15) is 5.75 Å². The van der Waals surface area contributed by atoms with Gasteiger partial charge in [0, 0.05) is 0 Å². The lowest BCUT2D eigenvalue weighted by Gasteiger charge is -2.09. The molecule has 82 valence electrons. The number of aldehydes is 1. The highest BCUT2D eigenvalue weighted by atomic mass is 31.2. The molecule has 5 nitrogen and oxygen atoms in total. The van der Waals surface area contributed by atoms with E-state index in [1.54, 1.807) is 6.07 Å². The molecule has 0 heterocycles. The molecule has 1 aromatic rings. The van der Waals surface area contributed by atoms with Crippen LogP contribution >= 0.6 is 7.82 Å². The molecule has 1 aromatic carbocycles. The standard InChI is InChI=1S/C9H11O5P/c1-2-7-3-4-8(6-10)9(5-7)14-15(11,12)13/h3-6H,2H2,1H3,(H2,11,12,13). The Kier molecular flexibility index (Phi) is 3.63. The van der Waals surface area contributed by atoms with Crippen molar-refractivity contribution < 1.29 is 23.7 Å². The Morgan fingerprint density at radius 3 is 2.60 bits per heavy atom. The molecular weight excluding hydrogens is 219 g/mol. The Morgan fingerprint density at radius 2 is 2.13 bits per heavy atom. The van der Waals surface area contributed by atoms with Gasteiger partial charge in [-0.3, -0.25) is 14.6 Å². The minimum Gasteiger partial charge on any atom is -0.403 e. The summed E-state index contributed by atoms with van der Waals surface area (Å²) in [6, 6.07) is 4.62. The normalized spacial score (nSPS) is 11.1. The first-order valence-electron chi connectivity index (χ1n) is 4.29. The second-order valence-corrected chi connectivity index (χ2v) is 4.09. The number of carbonyl (C=O) groups excluding carboxylic acids is 1. The molecule has 0 aromatic heterocycles. The summed E-state index contributed by atoms with van der Waals surface area (Å²) < 4.78 is 15.0. The third kappa shape index (κ3) is 3.47. The molecule has 0 spiro atoms. The molecule has 6 heteroatoms. The summed E-state index contributed by atoms with van der Waals surface area (Å²) in [5, 5.41) is 0. The van der Waals surface area contributed by atoms with E-state index in [0.717, 1.165) is 5.56 Å². The maximum Gasteiger partial charge on any atom is 0.524 e. The van der Waals surface area contributed by atoms with Gasteiger partial charge in [-0.15, -0.1) is 0 Å². The number of rotatable bonds is 4. The second kappa shape index (κ2) is 4.57. The lowest BCUT2D eigenvalue weighted by molar-refractivity contribution is 0.112. The fourth-order valence-corrected chi connectivity index (χ4v) is 1.52. The summed E-state index contributed by atoms with van der Waals surface area (Å²) in [5.74, 6) is -0.0855. The summed E-state index contributed by atoms with van der Waals surface area (Å²) in [4.78, 5) is 27.8. The number of hydrogen-bond acceptors (Lipinski definition) is 3. The van der Waals surface area contributed by atoms with Gasteiger partial charge >= 0.3 is 7.82 Å². The smallest absolute Gasteiger partial charge is 0.403 e. The number of hydrogen-bond donors (Lipinski definition) is 2. The molecule has 15 heavy (non-hydrogen) atoms. The molecular formula is C9H11O5P. The highest BCUT2D eigenvalue weighted by molar-refractivity contribution is 7.46. The zero-order valence-corrected chi connectivity index (χ0v) is 8.98. The average molecular weight is 230 g/mol. The molecule has 0 saturated carbocycles. The van der Waals surface area contributed by atoms with Crippen LogP contribution in [0.1, 0.15) is 22.8 Å². The van der Waals surface area contributed by atoms with E-state index in [1.807, 2.05) is 6.92 Å². The Balaban J connectivity index is 3.12. The van der Waals surface area contributed by atoms with E-state index in [4.69, 9.17) is 9.79 Å². The Labute approximate surface area is 86.9 Å². The molecule has 0 fully saturated rings. The number of phosphoric acid groups is 1. The second-order valence-electron chi connectivity index (χ2n) is 2.93. The number of benzene rings is 1. The largest absolute Gasteiger partial charge is 0.524 e. The maximum absolute atomic E-state index is 10.6. The fourth-order valence-electron chi connectivity index (χ4n) is 1.10. The number of aryl methyl sites for hydroxylation is 1. The van der Waals surface area contributed by atoms with E-state index in [-0.39, 0.29) is 11.3 Å². The molecule has 0 saturated heterocycles. The topological polar surface area (TPSA) is 83.8 Å². The van der Waals surface area contributed by atoms with Crippen molar-refractivity contribution in [3.8, 4) is 5.75 Å². The van der Waals surface area contributed by atoms with Crippen LogP contribution in [0.2, 0.25) is 0 Å². The van der Waals surface area contributed by atoms with Gasteiger partial charge in [0.15, 0.2) is 6.29 Å². The van der Waals surface area contributed by atoms with E-state index in [9.17, 15) is 9.36 Å². The van der Waals surface area contributed by atoms with Crippen molar-refractivity contribution >= 4 is 14.1 Å². The highest BCUT2D eigenvalue weighted by Gasteiger charge is 2.18. The maximum atomic E-state index is 10.6. The third-order valence-corrected chi connectivity index (χ3v) is 2.26. The van der Waals surface area contributed by atoms with Crippen LogP contribution in [-0.2, 0) is 11.0 Å². The molecule has 0 radical (unpaired) electrons. The predicted molar refractivity (Wildman–Crippen MR) is 53.9 cm³/mol. The summed E-state index contributed by atoms with van der Waals surface area (Å²) in [6.07, 6.45) is 1.18. The monoisotopic (exact) mass is 230 g/mol. The van der Waals surface area contributed by atoms with Gasteiger partial charge < -0.3 is 4.52 Å². The van der Waals surface area contributed by atoms with Crippen molar-refractivity contribution in [2.24, 2.45) is 0 Å². The zero-order chi connectivity index (χ0) is 11.5. The SMILES string of the molecule is CCc1ccc(C=O)c(OP(=O)(O)O)c1. The van der Waals surface area contributed by atoms with E-state index >= 15 is 0 Å². The van der Waals surface area contributed by atoms with Crippen LogP contribution in [-0.4, -0.2) is 16.1 Å². The van der Waals surface area contributed by atoms with Crippen LogP contribution in [0.3, 0.4) is 0 Å². The molecule has 0 atom stereocenters. The van der Waals surface area contributed by atoms with Crippen LogP contribution in [0.25, 0.3) is 0 Å².